The van der Waals surface area contributed by atoms with Gasteiger partial charge in [0, 0.05) is 16.6 Å². The van der Waals surface area contributed by atoms with Gasteiger partial charge in [-0.3, -0.25) is 10.0 Å². The number of hydroxylamine groups is 1. The molecule has 2 N–H and O–H groups in total. The summed E-state index contributed by atoms with van der Waals surface area (Å²) in [5.41, 5.74) is 3.10. The van der Waals surface area contributed by atoms with Crippen molar-refractivity contribution in [3.63, 3.8) is 0 Å². The van der Waals surface area contributed by atoms with Gasteiger partial charge in [0.25, 0.3) is 0 Å². The first-order valence-corrected chi connectivity index (χ1v) is 8.84. The number of hydrogen-bond donors (Lipinski definition) is 2. The lowest BCUT2D eigenvalue weighted by Crippen LogP contribution is -2.23. The molecule has 0 radical (unpaired) electrons. The first kappa shape index (κ1) is 17.6. The fourth-order valence-electron chi connectivity index (χ4n) is 2.49. The van der Waals surface area contributed by atoms with Gasteiger partial charge in [0.2, 0.25) is 5.91 Å². The number of benzene rings is 2. The number of rotatable bonds is 9. The third kappa shape index (κ3) is 6.89. The molecule has 1 atom stereocenters. The van der Waals surface area contributed by atoms with Crippen LogP contribution in [-0.4, -0.2) is 16.4 Å². The van der Waals surface area contributed by atoms with Crippen molar-refractivity contribution in [1.82, 2.24) is 5.48 Å². The molecule has 0 fully saturated rings. The fraction of sp³-hybridized carbons (Fsp3) is 0.316. The lowest BCUT2D eigenvalue weighted by atomic mass is 10.1. The van der Waals surface area contributed by atoms with Gasteiger partial charge < -0.3 is 0 Å². The maximum atomic E-state index is 11.5. The molecular formula is C19H23NO2S. The van der Waals surface area contributed by atoms with E-state index in [0.717, 1.165) is 30.6 Å². The number of nitrogens with one attached hydrogen (secondary N) is 1. The van der Waals surface area contributed by atoms with Crippen LogP contribution in [0.2, 0.25) is 0 Å². The average molecular weight is 329 g/mol. The maximum absolute atomic E-state index is 11.5. The van der Waals surface area contributed by atoms with Crippen LogP contribution in [0.25, 0.3) is 0 Å². The lowest BCUT2D eigenvalue weighted by Gasteiger charge is -2.15. The molecule has 4 heteroatoms. The summed E-state index contributed by atoms with van der Waals surface area (Å²) in [7, 11) is 0. The molecule has 0 aliphatic heterocycles. The van der Waals surface area contributed by atoms with Crippen LogP contribution in [0.1, 0.15) is 31.2 Å². The van der Waals surface area contributed by atoms with Gasteiger partial charge >= 0.3 is 0 Å². The highest BCUT2D eigenvalue weighted by molar-refractivity contribution is 8.00. The molecular weight excluding hydrogens is 306 g/mol. The van der Waals surface area contributed by atoms with Crippen LogP contribution in [0.15, 0.2) is 65.6 Å². The number of aryl methyl sites for hydroxylation is 1. The Balaban J connectivity index is 1.80. The van der Waals surface area contributed by atoms with E-state index in [1.165, 1.54) is 5.56 Å². The number of unbranched alkanes of at least 4 members (excludes halogenated alkanes) is 1. The normalized spacial score (nSPS) is 11.9. The van der Waals surface area contributed by atoms with Gasteiger partial charge in [0.05, 0.1) is 0 Å². The molecule has 0 bridgehead atoms. The van der Waals surface area contributed by atoms with Crippen molar-refractivity contribution in [2.24, 2.45) is 0 Å². The lowest BCUT2D eigenvalue weighted by molar-refractivity contribution is -0.129. The molecule has 0 heterocycles. The van der Waals surface area contributed by atoms with Crippen LogP contribution < -0.4 is 5.48 Å². The van der Waals surface area contributed by atoms with Crippen LogP contribution in [-0.2, 0) is 11.2 Å². The van der Waals surface area contributed by atoms with Crippen LogP contribution >= 0.6 is 11.8 Å². The zero-order valence-electron chi connectivity index (χ0n) is 13.2. The van der Waals surface area contributed by atoms with Crippen LogP contribution in [0.3, 0.4) is 0 Å². The Labute approximate surface area is 142 Å². The molecule has 23 heavy (non-hydrogen) atoms. The minimum atomic E-state index is -0.318. The van der Waals surface area contributed by atoms with Crippen molar-refractivity contribution < 1.29 is 10.0 Å². The number of carbonyl (C=O) groups is 1. The third-order valence-corrected chi connectivity index (χ3v) is 4.95. The predicted molar refractivity (Wildman–Crippen MR) is 94.6 cm³/mol. The third-order valence-electron chi connectivity index (χ3n) is 3.67. The van der Waals surface area contributed by atoms with E-state index in [9.17, 15) is 4.79 Å². The largest absolute Gasteiger partial charge is 0.289 e. The number of hydrogen-bond acceptors (Lipinski definition) is 3. The average Bonchev–Trinajstić information content (AvgIpc) is 2.60. The van der Waals surface area contributed by atoms with E-state index in [2.05, 4.69) is 36.4 Å². The van der Waals surface area contributed by atoms with E-state index < -0.39 is 0 Å². The first-order valence-electron chi connectivity index (χ1n) is 7.96. The standard InChI is InChI=1S/C19H23NO2S/c21-19(20-22)15-18(23-17-12-5-2-6-13-17)14-8-7-11-16-9-3-1-4-10-16/h1-6,9-10,12-13,18,22H,7-8,11,14-15H2,(H,20,21). The minimum absolute atomic E-state index is 0.181. The Hall–Kier alpha value is -1.78. The van der Waals surface area contributed by atoms with E-state index in [1.807, 2.05) is 24.3 Å². The molecule has 1 amide bonds. The van der Waals surface area contributed by atoms with Crippen molar-refractivity contribution in [2.45, 2.75) is 42.2 Å². The van der Waals surface area contributed by atoms with Crippen molar-refractivity contribution in [3.05, 3.63) is 66.2 Å². The molecule has 2 aromatic rings. The van der Waals surface area contributed by atoms with E-state index in [4.69, 9.17) is 5.21 Å². The molecule has 0 aromatic heterocycles. The summed E-state index contributed by atoms with van der Waals surface area (Å²) in [5, 5.41) is 8.94. The van der Waals surface area contributed by atoms with Gasteiger partial charge in [-0.15, -0.1) is 11.8 Å². The Morgan fingerprint density at radius 2 is 1.65 bits per heavy atom. The molecule has 122 valence electrons. The van der Waals surface area contributed by atoms with Crippen molar-refractivity contribution in [3.8, 4) is 0 Å². The molecule has 0 spiro atoms. The highest BCUT2D eigenvalue weighted by Gasteiger charge is 2.15. The molecule has 0 saturated heterocycles. The second-order valence-electron chi connectivity index (χ2n) is 5.52. The quantitative estimate of drug-likeness (QED) is 0.309. The van der Waals surface area contributed by atoms with Crippen molar-refractivity contribution >= 4 is 17.7 Å². The summed E-state index contributed by atoms with van der Waals surface area (Å²) >= 11 is 1.71. The van der Waals surface area contributed by atoms with Crippen LogP contribution in [0, 0.1) is 0 Å². The molecule has 2 aromatic carbocycles. The van der Waals surface area contributed by atoms with E-state index >= 15 is 0 Å². The van der Waals surface area contributed by atoms with E-state index in [1.54, 1.807) is 17.2 Å². The molecule has 0 aliphatic rings. The fourth-order valence-corrected chi connectivity index (χ4v) is 3.71. The zero-order valence-corrected chi connectivity index (χ0v) is 14.0. The van der Waals surface area contributed by atoms with Crippen LogP contribution in [0.5, 0.6) is 0 Å². The zero-order chi connectivity index (χ0) is 16.3. The first-order chi connectivity index (χ1) is 11.3. The highest BCUT2D eigenvalue weighted by atomic mass is 32.2. The minimum Gasteiger partial charge on any atom is -0.289 e. The second-order valence-corrected chi connectivity index (χ2v) is 6.90. The maximum Gasteiger partial charge on any atom is 0.244 e. The van der Waals surface area contributed by atoms with E-state index in [0.29, 0.717) is 6.42 Å². The topological polar surface area (TPSA) is 49.3 Å². The molecule has 1 unspecified atom stereocenters. The Kier molecular flexibility index (Phi) is 7.70. The van der Waals surface area contributed by atoms with Crippen LogP contribution in [0.4, 0.5) is 0 Å². The van der Waals surface area contributed by atoms with Gasteiger partial charge in [0.15, 0.2) is 0 Å². The summed E-state index contributed by atoms with van der Waals surface area (Å²) < 4.78 is 0. The Bertz CT molecular complexity index is 574. The van der Waals surface area contributed by atoms with Gasteiger partial charge in [-0.2, -0.15) is 0 Å². The van der Waals surface area contributed by atoms with Gasteiger partial charge in [-0.1, -0.05) is 55.0 Å². The molecule has 2 rings (SSSR count). The Morgan fingerprint density at radius 1 is 1.00 bits per heavy atom. The summed E-state index contributed by atoms with van der Waals surface area (Å²) in [5.74, 6) is -0.318. The number of amides is 1. The highest BCUT2D eigenvalue weighted by Crippen LogP contribution is 2.29. The Morgan fingerprint density at radius 3 is 2.30 bits per heavy atom. The van der Waals surface area contributed by atoms with Gasteiger partial charge in [-0.05, 0) is 37.0 Å². The summed E-state index contributed by atoms with van der Waals surface area (Å²) in [4.78, 5) is 12.7. The van der Waals surface area contributed by atoms with Gasteiger partial charge in [-0.25, -0.2) is 5.48 Å². The van der Waals surface area contributed by atoms with Crippen molar-refractivity contribution in [1.29, 1.82) is 0 Å². The SMILES string of the molecule is O=C(CC(CCCCc1ccccc1)Sc1ccccc1)NO. The number of thioether (sulfide) groups is 1. The predicted octanol–water partition coefficient (Wildman–Crippen LogP) is 4.46. The monoisotopic (exact) mass is 329 g/mol. The molecule has 0 aliphatic carbocycles. The smallest absolute Gasteiger partial charge is 0.244 e. The summed E-state index contributed by atoms with van der Waals surface area (Å²) in [6.07, 6.45) is 4.53. The molecule has 0 saturated carbocycles. The summed E-state index contributed by atoms with van der Waals surface area (Å²) in [6.45, 7) is 0. The van der Waals surface area contributed by atoms with Crippen molar-refractivity contribution in [2.75, 3.05) is 0 Å². The second kappa shape index (κ2) is 10.1. The molecule has 3 nitrogen and oxygen atoms in total. The summed E-state index contributed by atoms with van der Waals surface area (Å²) in [6, 6.07) is 20.6. The van der Waals surface area contributed by atoms with E-state index in [-0.39, 0.29) is 11.2 Å². The van der Waals surface area contributed by atoms with Gasteiger partial charge in [0.1, 0.15) is 0 Å². The number of carbonyl (C=O) groups excluding carboxylic acids is 1.